The summed E-state index contributed by atoms with van der Waals surface area (Å²) < 4.78 is 0. The summed E-state index contributed by atoms with van der Waals surface area (Å²) >= 11 is 0. The highest BCUT2D eigenvalue weighted by molar-refractivity contribution is 5.14. The Morgan fingerprint density at radius 2 is 1.61 bits per heavy atom. The van der Waals surface area contributed by atoms with Gasteiger partial charge in [0.25, 0.3) is 0 Å². The van der Waals surface area contributed by atoms with Crippen LogP contribution in [0.15, 0.2) is 0 Å². The topological polar surface area (TPSA) is 60.7 Å². The van der Waals surface area contributed by atoms with E-state index in [2.05, 4.69) is 41.5 Å². The average molecular weight is 437 g/mol. The van der Waals surface area contributed by atoms with E-state index in [-0.39, 0.29) is 36.6 Å². The predicted octanol–water partition coefficient (Wildman–Crippen LogP) is 6.05. The number of fused-ring (bicyclic) bond motifs is 5. The van der Waals surface area contributed by atoms with Crippen molar-refractivity contribution in [3.8, 4) is 0 Å². The third kappa shape index (κ3) is 4.14. The van der Waals surface area contributed by atoms with Crippen LogP contribution in [0, 0.1) is 51.8 Å². The summed E-state index contributed by atoms with van der Waals surface area (Å²) in [5, 5.41) is 33.3. The lowest BCUT2D eigenvalue weighted by Gasteiger charge is -2.63. The lowest BCUT2D eigenvalue weighted by atomic mass is 9.43. The molecule has 9 unspecified atom stereocenters. The number of rotatable bonds is 3. The molecule has 0 aliphatic heterocycles. The molecule has 3 heteroatoms. The summed E-state index contributed by atoms with van der Waals surface area (Å²) in [5.41, 5.74) is 0.469. The highest BCUT2D eigenvalue weighted by Crippen LogP contribution is 2.68. The summed E-state index contributed by atoms with van der Waals surface area (Å²) in [5.74, 6) is 2.75. The first-order valence-corrected chi connectivity index (χ1v) is 12.9. The van der Waals surface area contributed by atoms with Gasteiger partial charge in [-0.1, -0.05) is 49.0 Å². The van der Waals surface area contributed by atoms with Crippen LogP contribution >= 0.6 is 0 Å². The standard InChI is InChI=1S/C27H48O3.CH4/c1-16(9-11-25(2,3)4)19-7-8-20-24-21(15-23(30)27(19,20)6)26(5)12-10-18(28)13-17(26)14-22(24)29;/h16-24,28-30H,7-15H2,1-6H3;1H4/t16?,17?,18?,19?,20?,21?,22?,23?,24?,26-,27+;/m0./s1. The largest absolute Gasteiger partial charge is 0.393 e. The van der Waals surface area contributed by atoms with E-state index in [0.717, 1.165) is 32.1 Å². The van der Waals surface area contributed by atoms with Crippen LogP contribution in [-0.2, 0) is 0 Å². The first-order valence-electron chi connectivity index (χ1n) is 12.9. The summed E-state index contributed by atoms with van der Waals surface area (Å²) in [6, 6.07) is 0. The molecule has 4 aliphatic carbocycles. The molecule has 0 saturated heterocycles. The Bertz CT molecular complexity index is 626. The molecule has 0 spiro atoms. The third-order valence-corrected chi connectivity index (χ3v) is 10.9. The van der Waals surface area contributed by atoms with Crippen molar-refractivity contribution in [3.63, 3.8) is 0 Å². The zero-order valence-corrected chi connectivity index (χ0v) is 20.4. The number of aliphatic hydroxyl groups is 3. The molecule has 11 atom stereocenters. The van der Waals surface area contributed by atoms with E-state index in [0.29, 0.717) is 40.9 Å². The minimum Gasteiger partial charge on any atom is -0.393 e. The summed E-state index contributed by atoms with van der Waals surface area (Å²) in [4.78, 5) is 0. The lowest BCUT2D eigenvalue weighted by molar-refractivity contribution is -0.207. The quantitative estimate of drug-likeness (QED) is 0.505. The van der Waals surface area contributed by atoms with Gasteiger partial charge in [-0.15, -0.1) is 0 Å². The van der Waals surface area contributed by atoms with Gasteiger partial charge in [0, 0.05) is 0 Å². The average Bonchev–Trinajstić information content (AvgIpc) is 3.00. The van der Waals surface area contributed by atoms with Gasteiger partial charge >= 0.3 is 0 Å². The molecular formula is C28H52O3. The van der Waals surface area contributed by atoms with E-state index in [4.69, 9.17) is 0 Å². The molecule has 0 aromatic heterocycles. The molecule has 182 valence electrons. The molecule has 31 heavy (non-hydrogen) atoms. The fraction of sp³-hybridized carbons (Fsp3) is 1.00. The van der Waals surface area contributed by atoms with Gasteiger partial charge in [-0.3, -0.25) is 0 Å². The van der Waals surface area contributed by atoms with E-state index < -0.39 is 0 Å². The third-order valence-electron chi connectivity index (χ3n) is 10.9. The molecule has 3 nitrogen and oxygen atoms in total. The second kappa shape index (κ2) is 8.58. The zero-order chi connectivity index (χ0) is 22.1. The van der Waals surface area contributed by atoms with Crippen LogP contribution in [0.1, 0.15) is 107 Å². The Labute approximate surface area is 192 Å². The SMILES string of the molecule is C.CC(CCC(C)(C)C)C1CCC2C3C(O)CC4CC(O)CC[C@]4(C)C3CC(O)[C@]12C. The van der Waals surface area contributed by atoms with Crippen LogP contribution in [0.4, 0.5) is 0 Å². The van der Waals surface area contributed by atoms with Gasteiger partial charge in [0.2, 0.25) is 0 Å². The molecule has 4 aliphatic rings. The van der Waals surface area contributed by atoms with Gasteiger partial charge in [0.15, 0.2) is 0 Å². The van der Waals surface area contributed by atoms with Gasteiger partial charge in [0.05, 0.1) is 18.3 Å². The summed E-state index contributed by atoms with van der Waals surface area (Å²) in [6.45, 7) is 14.2. The zero-order valence-electron chi connectivity index (χ0n) is 20.4. The van der Waals surface area contributed by atoms with E-state index in [9.17, 15) is 15.3 Å². The molecular weight excluding hydrogens is 384 g/mol. The van der Waals surface area contributed by atoms with E-state index >= 15 is 0 Å². The fourth-order valence-corrected chi connectivity index (χ4v) is 8.99. The van der Waals surface area contributed by atoms with Crippen LogP contribution < -0.4 is 0 Å². The van der Waals surface area contributed by atoms with Crippen LogP contribution in [0.2, 0.25) is 0 Å². The van der Waals surface area contributed by atoms with Crippen LogP contribution in [0.25, 0.3) is 0 Å². The number of hydrogen-bond acceptors (Lipinski definition) is 3. The molecule has 4 fully saturated rings. The van der Waals surface area contributed by atoms with Crippen LogP contribution in [0.5, 0.6) is 0 Å². The molecule has 0 amide bonds. The smallest absolute Gasteiger partial charge is 0.0602 e. The maximum Gasteiger partial charge on any atom is 0.0602 e. The molecule has 0 aromatic carbocycles. The summed E-state index contributed by atoms with van der Waals surface area (Å²) in [6.07, 6.45) is 8.58. The van der Waals surface area contributed by atoms with Gasteiger partial charge in [-0.05, 0) is 110 Å². The van der Waals surface area contributed by atoms with E-state index in [1.165, 1.54) is 25.7 Å². The van der Waals surface area contributed by atoms with Crippen molar-refractivity contribution in [1.29, 1.82) is 0 Å². The highest BCUT2D eigenvalue weighted by atomic mass is 16.3. The van der Waals surface area contributed by atoms with Crippen molar-refractivity contribution in [1.82, 2.24) is 0 Å². The summed E-state index contributed by atoms with van der Waals surface area (Å²) in [7, 11) is 0. The van der Waals surface area contributed by atoms with Crippen molar-refractivity contribution in [2.45, 2.75) is 125 Å². The van der Waals surface area contributed by atoms with Crippen molar-refractivity contribution < 1.29 is 15.3 Å². The minimum absolute atomic E-state index is 0. The normalized spacial score (nSPS) is 50.6. The highest BCUT2D eigenvalue weighted by Gasteiger charge is 2.65. The Balaban J connectivity index is 0.00000272. The molecule has 0 bridgehead atoms. The first kappa shape index (κ1) is 25.5. The minimum atomic E-state index is -0.265. The molecule has 3 N–H and O–H groups in total. The first-order chi connectivity index (χ1) is 13.9. The maximum absolute atomic E-state index is 11.6. The van der Waals surface area contributed by atoms with E-state index in [1.54, 1.807) is 0 Å². The van der Waals surface area contributed by atoms with Crippen molar-refractivity contribution in [3.05, 3.63) is 0 Å². The fourth-order valence-electron chi connectivity index (χ4n) is 8.99. The Hall–Kier alpha value is -0.120. The Kier molecular flexibility index (Phi) is 7.06. The monoisotopic (exact) mass is 436 g/mol. The second-order valence-electron chi connectivity index (χ2n) is 13.6. The predicted molar refractivity (Wildman–Crippen MR) is 129 cm³/mol. The molecule has 0 radical (unpaired) electrons. The van der Waals surface area contributed by atoms with Gasteiger partial charge < -0.3 is 15.3 Å². The molecule has 0 aromatic rings. The Morgan fingerprint density at radius 3 is 2.26 bits per heavy atom. The maximum atomic E-state index is 11.6. The molecule has 0 heterocycles. The molecule has 4 rings (SSSR count). The van der Waals surface area contributed by atoms with Crippen molar-refractivity contribution in [2.24, 2.45) is 51.8 Å². The van der Waals surface area contributed by atoms with Gasteiger partial charge in [-0.2, -0.15) is 0 Å². The van der Waals surface area contributed by atoms with Gasteiger partial charge in [-0.25, -0.2) is 0 Å². The van der Waals surface area contributed by atoms with Crippen molar-refractivity contribution >= 4 is 0 Å². The second-order valence-corrected chi connectivity index (χ2v) is 13.6. The number of hydrogen-bond donors (Lipinski definition) is 3. The van der Waals surface area contributed by atoms with Crippen LogP contribution in [-0.4, -0.2) is 33.6 Å². The number of aliphatic hydroxyl groups excluding tert-OH is 3. The van der Waals surface area contributed by atoms with Crippen molar-refractivity contribution in [2.75, 3.05) is 0 Å². The van der Waals surface area contributed by atoms with Crippen LogP contribution in [0.3, 0.4) is 0 Å². The lowest BCUT2D eigenvalue weighted by Crippen LogP contribution is -2.62. The van der Waals surface area contributed by atoms with Gasteiger partial charge in [0.1, 0.15) is 0 Å². The Morgan fingerprint density at radius 1 is 0.935 bits per heavy atom. The van der Waals surface area contributed by atoms with E-state index in [1.807, 2.05) is 0 Å². The molecule has 4 saturated carbocycles.